The van der Waals surface area contributed by atoms with Gasteiger partial charge in [0.15, 0.2) is 0 Å². The molecule has 2 amide bonds. The highest BCUT2D eigenvalue weighted by Crippen LogP contribution is 2.27. The number of ether oxygens (including phenoxy) is 2. The van der Waals surface area contributed by atoms with Gasteiger partial charge in [0.1, 0.15) is 29.9 Å². The molecule has 1 aromatic heterocycles. The Labute approximate surface area is 279 Å². The lowest BCUT2D eigenvalue weighted by molar-refractivity contribution is -0.143. The number of rotatable bonds is 19. The lowest BCUT2D eigenvalue weighted by atomic mass is 9.99. The Hall–Kier alpha value is -3.49. The minimum absolute atomic E-state index is 0.0356. The molecule has 19 heteroatoms. The lowest BCUT2D eigenvalue weighted by Gasteiger charge is -2.18. The van der Waals surface area contributed by atoms with E-state index in [0.29, 0.717) is 11.1 Å². The van der Waals surface area contributed by atoms with E-state index in [1.165, 1.54) is 12.3 Å². The fourth-order valence-corrected chi connectivity index (χ4v) is 7.85. The highest BCUT2D eigenvalue weighted by molar-refractivity contribution is 8.77. The van der Waals surface area contributed by atoms with Crippen molar-refractivity contribution < 1.29 is 48.5 Å². The molecule has 0 spiro atoms. The van der Waals surface area contributed by atoms with Crippen LogP contribution in [0.3, 0.4) is 0 Å². The Bertz CT molecular complexity index is 1390. The molecule has 1 aromatic carbocycles. The van der Waals surface area contributed by atoms with E-state index in [-0.39, 0.29) is 34.3 Å². The first kappa shape index (κ1) is 38.7. The third-order valence-corrected chi connectivity index (χ3v) is 10.7. The molecule has 2 aromatic rings. The molecule has 0 bridgehead atoms. The van der Waals surface area contributed by atoms with Gasteiger partial charge in [0.25, 0.3) is 11.8 Å². The number of aliphatic carboxylic acids is 2. The van der Waals surface area contributed by atoms with Gasteiger partial charge in [-0.3, -0.25) is 24.2 Å². The number of aromatic nitrogens is 1. The van der Waals surface area contributed by atoms with E-state index in [1.807, 2.05) is 0 Å². The Morgan fingerprint density at radius 1 is 0.761 bits per heavy atom. The summed E-state index contributed by atoms with van der Waals surface area (Å²) in [6, 6.07) is 5.58. The van der Waals surface area contributed by atoms with Crippen LogP contribution in [0.4, 0.5) is 0 Å². The Morgan fingerprint density at radius 2 is 1.22 bits per heavy atom. The van der Waals surface area contributed by atoms with Crippen molar-refractivity contribution in [1.82, 2.24) is 15.6 Å². The van der Waals surface area contributed by atoms with Gasteiger partial charge in [-0.15, -0.1) is 0 Å². The number of benzene rings is 1. The maximum absolute atomic E-state index is 13.4. The SMILES string of the molecule is COC(=O)C(CSSCC(N)C(=O)O)NC(=O)c1cc(-c2ccccc2)c(C(=O)NC(CSSCC(N)C(=O)O)C(=O)OC)cn1. The van der Waals surface area contributed by atoms with Crippen LogP contribution < -0.4 is 22.1 Å². The van der Waals surface area contributed by atoms with E-state index in [0.717, 1.165) is 57.4 Å². The van der Waals surface area contributed by atoms with Gasteiger partial charge in [-0.2, -0.15) is 0 Å². The second-order valence-electron chi connectivity index (χ2n) is 9.11. The summed E-state index contributed by atoms with van der Waals surface area (Å²) < 4.78 is 9.61. The smallest absolute Gasteiger partial charge is 0.329 e. The molecule has 0 saturated heterocycles. The summed E-state index contributed by atoms with van der Waals surface area (Å²) in [7, 11) is 6.81. The summed E-state index contributed by atoms with van der Waals surface area (Å²) >= 11 is 0. The normalized spacial score (nSPS) is 13.4. The Morgan fingerprint density at radius 3 is 1.67 bits per heavy atom. The zero-order valence-corrected chi connectivity index (χ0v) is 27.8. The van der Waals surface area contributed by atoms with Crippen LogP contribution in [0.2, 0.25) is 0 Å². The largest absolute Gasteiger partial charge is 0.480 e. The molecule has 1 heterocycles. The van der Waals surface area contributed by atoms with Gasteiger partial charge < -0.3 is 41.8 Å². The van der Waals surface area contributed by atoms with Crippen LogP contribution in [0.15, 0.2) is 42.6 Å². The van der Waals surface area contributed by atoms with Crippen LogP contribution in [0.5, 0.6) is 0 Å². The van der Waals surface area contributed by atoms with Crippen molar-refractivity contribution in [2.75, 3.05) is 37.2 Å². The number of carbonyl (C=O) groups excluding carboxylic acids is 4. The third kappa shape index (κ3) is 12.4. The average Bonchev–Trinajstić information content (AvgIpc) is 3.06. The highest BCUT2D eigenvalue weighted by Gasteiger charge is 2.27. The summed E-state index contributed by atoms with van der Waals surface area (Å²) in [5.74, 6) is -5.02. The molecule has 0 aliphatic rings. The molecule has 0 aliphatic heterocycles. The van der Waals surface area contributed by atoms with Gasteiger partial charge >= 0.3 is 23.9 Å². The Kier molecular flexibility index (Phi) is 16.7. The van der Waals surface area contributed by atoms with Crippen molar-refractivity contribution in [3.63, 3.8) is 0 Å². The second-order valence-corrected chi connectivity index (χ2v) is 14.2. The molecular weight excluding hydrogens is 683 g/mol. The van der Waals surface area contributed by atoms with E-state index in [1.54, 1.807) is 30.3 Å². The number of carboxylic acid groups (broad SMARTS) is 2. The molecule has 0 saturated carbocycles. The number of methoxy groups -OCH3 is 2. The second kappa shape index (κ2) is 19.9. The van der Waals surface area contributed by atoms with Crippen molar-refractivity contribution >= 4 is 78.9 Å². The number of carbonyl (C=O) groups is 6. The van der Waals surface area contributed by atoms with Crippen molar-refractivity contribution in [3.8, 4) is 11.1 Å². The lowest BCUT2D eigenvalue weighted by Crippen LogP contribution is -2.44. The van der Waals surface area contributed by atoms with Gasteiger partial charge in [0.05, 0.1) is 19.8 Å². The van der Waals surface area contributed by atoms with E-state index in [4.69, 9.17) is 31.2 Å². The molecule has 15 nitrogen and oxygen atoms in total. The molecule has 2 rings (SSSR count). The first-order chi connectivity index (χ1) is 21.9. The van der Waals surface area contributed by atoms with Gasteiger partial charge in [-0.05, 0) is 17.2 Å². The standard InChI is InChI=1S/C27H33N5O10S4/c1-41-26(39)20(12-45-43-10-17(28)24(35)36)31-22(33)16-9-30-19(8-15(16)14-6-4-3-5-7-14)23(34)32-21(27(40)42-2)13-46-44-11-18(29)25(37)38/h3-9,17-18,20-21H,10-13,28-29H2,1-2H3,(H,31,33)(H,32,34)(H,35,36)(H,37,38). The van der Waals surface area contributed by atoms with Crippen molar-refractivity contribution in [2.45, 2.75) is 24.2 Å². The molecule has 4 unspecified atom stereocenters. The third-order valence-electron chi connectivity index (χ3n) is 5.81. The van der Waals surface area contributed by atoms with Crippen LogP contribution in [0.1, 0.15) is 20.8 Å². The van der Waals surface area contributed by atoms with E-state index >= 15 is 0 Å². The van der Waals surface area contributed by atoms with E-state index in [2.05, 4.69) is 15.6 Å². The van der Waals surface area contributed by atoms with Crippen LogP contribution in [-0.4, -0.2) is 112 Å². The van der Waals surface area contributed by atoms with E-state index in [9.17, 15) is 28.8 Å². The van der Waals surface area contributed by atoms with Crippen LogP contribution in [0, 0.1) is 0 Å². The number of amides is 2. The number of hydrogen-bond donors (Lipinski definition) is 6. The number of esters is 2. The minimum Gasteiger partial charge on any atom is -0.480 e. The first-order valence-electron chi connectivity index (χ1n) is 13.2. The zero-order chi connectivity index (χ0) is 34.2. The van der Waals surface area contributed by atoms with Crippen LogP contribution in [-0.2, 0) is 28.7 Å². The summed E-state index contributed by atoms with van der Waals surface area (Å²) in [4.78, 5) is 77.4. The highest BCUT2D eigenvalue weighted by atomic mass is 33.1. The number of hydrogen-bond acceptors (Lipinski definition) is 15. The summed E-state index contributed by atoms with van der Waals surface area (Å²) in [6.07, 6.45) is 1.17. The summed E-state index contributed by atoms with van der Waals surface area (Å²) in [5, 5.41) is 23.0. The van der Waals surface area contributed by atoms with E-state index < -0.39 is 59.9 Å². The molecule has 8 N–H and O–H groups in total. The summed E-state index contributed by atoms with van der Waals surface area (Å²) in [6.45, 7) is 0. The number of pyridine rings is 1. The number of carboxylic acids is 2. The number of nitrogens with two attached hydrogens (primary N) is 2. The molecule has 4 atom stereocenters. The maximum atomic E-state index is 13.4. The fourth-order valence-electron chi connectivity index (χ4n) is 3.32. The van der Waals surface area contributed by atoms with Crippen molar-refractivity contribution in [1.29, 1.82) is 0 Å². The zero-order valence-electron chi connectivity index (χ0n) is 24.6. The molecule has 46 heavy (non-hydrogen) atoms. The van der Waals surface area contributed by atoms with Gasteiger partial charge in [-0.1, -0.05) is 73.5 Å². The Balaban J connectivity index is 2.26. The van der Waals surface area contributed by atoms with Gasteiger partial charge in [0, 0.05) is 29.2 Å². The van der Waals surface area contributed by atoms with Gasteiger partial charge in [0.2, 0.25) is 0 Å². The van der Waals surface area contributed by atoms with Crippen LogP contribution >= 0.6 is 43.2 Å². The summed E-state index contributed by atoms with van der Waals surface area (Å²) in [5.41, 5.74) is 11.8. The topological polar surface area (TPSA) is 250 Å². The molecule has 250 valence electrons. The van der Waals surface area contributed by atoms with Crippen molar-refractivity contribution in [3.05, 3.63) is 53.9 Å². The fraction of sp³-hybridized carbons (Fsp3) is 0.370. The predicted molar refractivity (Wildman–Crippen MR) is 177 cm³/mol. The first-order valence-corrected chi connectivity index (χ1v) is 18.2. The maximum Gasteiger partial charge on any atom is 0.329 e. The average molecular weight is 716 g/mol. The van der Waals surface area contributed by atoms with Crippen molar-refractivity contribution in [2.24, 2.45) is 11.5 Å². The predicted octanol–water partition coefficient (Wildman–Crippen LogP) is 0.878. The molecule has 0 fully saturated rings. The molecule has 0 aliphatic carbocycles. The quantitative estimate of drug-likeness (QED) is 0.0671. The number of nitrogens with one attached hydrogen (secondary N) is 2. The van der Waals surface area contributed by atoms with Crippen LogP contribution in [0.25, 0.3) is 11.1 Å². The monoisotopic (exact) mass is 715 g/mol. The molecule has 0 radical (unpaired) electrons. The minimum atomic E-state index is -1.17. The van der Waals surface area contributed by atoms with Gasteiger partial charge in [-0.25, -0.2) is 9.59 Å². The number of nitrogens with zero attached hydrogens (tertiary/aromatic N) is 1. The molecular formula is C27H33N5O10S4.